The Morgan fingerprint density at radius 2 is 1.84 bits per heavy atom. The molecule has 0 aliphatic heterocycles. The average molecular weight is 344 g/mol. The summed E-state index contributed by atoms with van der Waals surface area (Å²) in [5, 5.41) is 0. The summed E-state index contributed by atoms with van der Waals surface area (Å²) in [6.45, 7) is 11.2. The number of esters is 1. The lowest BCUT2D eigenvalue weighted by Gasteiger charge is -2.64. The number of furan rings is 1. The summed E-state index contributed by atoms with van der Waals surface area (Å²) >= 11 is 0. The molecule has 3 aliphatic rings. The third-order valence-electron chi connectivity index (χ3n) is 8.35. The normalized spacial score (nSPS) is 42.0. The minimum absolute atomic E-state index is 0.0384. The monoisotopic (exact) mass is 344 g/mol. The zero-order chi connectivity index (χ0) is 18.0. The maximum atomic E-state index is 11.6. The van der Waals surface area contributed by atoms with Crippen molar-refractivity contribution in [3.63, 3.8) is 0 Å². The van der Waals surface area contributed by atoms with E-state index >= 15 is 0 Å². The van der Waals surface area contributed by atoms with Gasteiger partial charge in [-0.3, -0.25) is 4.79 Å². The first-order chi connectivity index (χ1) is 11.7. The molecule has 0 aromatic carbocycles. The molecule has 4 rings (SSSR count). The molecule has 138 valence electrons. The maximum Gasteiger partial charge on any atom is 0.302 e. The van der Waals surface area contributed by atoms with Crippen molar-refractivity contribution in [2.75, 3.05) is 0 Å². The molecule has 2 saturated carbocycles. The maximum absolute atomic E-state index is 11.6. The van der Waals surface area contributed by atoms with Crippen molar-refractivity contribution >= 4 is 5.97 Å². The number of hydrogen-bond donors (Lipinski definition) is 0. The molecule has 1 heterocycles. The summed E-state index contributed by atoms with van der Waals surface area (Å²) in [6.07, 6.45) is 11.0. The van der Waals surface area contributed by atoms with Crippen molar-refractivity contribution in [1.29, 1.82) is 0 Å². The number of fused-ring (bicyclic) bond motifs is 5. The molecule has 1 aromatic rings. The van der Waals surface area contributed by atoms with E-state index in [1.807, 2.05) is 12.5 Å². The van der Waals surface area contributed by atoms with Crippen molar-refractivity contribution < 1.29 is 13.9 Å². The number of hydrogen-bond acceptors (Lipinski definition) is 3. The zero-order valence-corrected chi connectivity index (χ0v) is 16.4. The summed E-state index contributed by atoms with van der Waals surface area (Å²) in [4.78, 5) is 11.6. The SMILES string of the molecule is CC(=O)O[C@H]1CC[C@]2(C)[C@H]3CCc4cocc4[C@]3(C)CC[C@H]2C1(C)C. The highest BCUT2D eigenvalue weighted by Crippen LogP contribution is 2.67. The summed E-state index contributed by atoms with van der Waals surface area (Å²) < 4.78 is 11.3. The molecule has 3 aliphatic carbocycles. The fourth-order valence-electron chi connectivity index (χ4n) is 7.23. The van der Waals surface area contributed by atoms with Gasteiger partial charge in [0.15, 0.2) is 0 Å². The summed E-state index contributed by atoms with van der Waals surface area (Å²) in [6, 6.07) is 0. The minimum Gasteiger partial charge on any atom is -0.472 e. The van der Waals surface area contributed by atoms with Crippen molar-refractivity contribution in [2.24, 2.45) is 22.7 Å². The van der Waals surface area contributed by atoms with Crippen LogP contribution in [0.2, 0.25) is 0 Å². The average Bonchev–Trinajstić information content (AvgIpc) is 2.99. The number of aryl methyl sites for hydroxylation is 1. The van der Waals surface area contributed by atoms with Crippen LogP contribution in [0.5, 0.6) is 0 Å². The molecule has 0 N–H and O–H groups in total. The standard InChI is InChI=1S/C22H32O3/c1-14(23)25-19-9-11-22(5)17(20(19,2)3)8-10-21(4)16-13-24-12-15(16)6-7-18(21)22/h12-13,17-19H,6-11H2,1-5H3/t17-,18-,19-,21-,22-/m0/s1. The van der Waals surface area contributed by atoms with Gasteiger partial charge in [-0.25, -0.2) is 0 Å². The first kappa shape index (κ1) is 17.2. The lowest BCUT2D eigenvalue weighted by molar-refractivity contribution is -0.185. The van der Waals surface area contributed by atoms with Gasteiger partial charge in [-0.15, -0.1) is 0 Å². The van der Waals surface area contributed by atoms with Crippen molar-refractivity contribution in [2.45, 2.75) is 84.7 Å². The van der Waals surface area contributed by atoms with Crippen LogP contribution in [-0.4, -0.2) is 12.1 Å². The molecule has 0 unspecified atom stereocenters. The Morgan fingerprint density at radius 3 is 2.56 bits per heavy atom. The van der Waals surface area contributed by atoms with E-state index in [1.165, 1.54) is 30.4 Å². The Hall–Kier alpha value is -1.25. The molecule has 3 nitrogen and oxygen atoms in total. The Kier molecular flexibility index (Phi) is 3.69. The van der Waals surface area contributed by atoms with Crippen LogP contribution in [0.1, 0.15) is 77.8 Å². The second-order valence-electron chi connectivity index (χ2n) is 9.87. The lowest BCUT2D eigenvalue weighted by atomic mass is 9.40. The molecule has 0 spiro atoms. The van der Waals surface area contributed by atoms with Gasteiger partial charge in [0.25, 0.3) is 0 Å². The first-order valence-electron chi connectivity index (χ1n) is 9.92. The van der Waals surface area contributed by atoms with E-state index in [1.54, 1.807) is 6.92 Å². The Bertz CT molecular complexity index is 687. The van der Waals surface area contributed by atoms with E-state index in [0.717, 1.165) is 19.3 Å². The van der Waals surface area contributed by atoms with E-state index in [4.69, 9.17) is 9.15 Å². The minimum atomic E-state index is -0.136. The van der Waals surface area contributed by atoms with E-state index in [2.05, 4.69) is 27.7 Å². The van der Waals surface area contributed by atoms with Gasteiger partial charge in [-0.05, 0) is 72.3 Å². The molecule has 5 atom stereocenters. The van der Waals surface area contributed by atoms with Crippen LogP contribution < -0.4 is 0 Å². The quantitative estimate of drug-likeness (QED) is 0.652. The van der Waals surface area contributed by atoms with Gasteiger partial charge >= 0.3 is 5.97 Å². The molecule has 0 saturated heterocycles. The van der Waals surface area contributed by atoms with Crippen LogP contribution >= 0.6 is 0 Å². The highest BCUT2D eigenvalue weighted by molar-refractivity contribution is 5.66. The second kappa shape index (κ2) is 5.37. The Labute approximate surface area is 151 Å². The molecule has 0 radical (unpaired) electrons. The number of carbonyl (C=O) groups is 1. The van der Waals surface area contributed by atoms with E-state index in [0.29, 0.717) is 17.3 Å². The van der Waals surface area contributed by atoms with E-state index in [-0.39, 0.29) is 22.9 Å². The highest BCUT2D eigenvalue weighted by atomic mass is 16.5. The summed E-state index contributed by atoms with van der Waals surface area (Å²) in [7, 11) is 0. The Morgan fingerprint density at radius 1 is 1.08 bits per heavy atom. The predicted octanol–water partition coefficient (Wildman–Crippen LogP) is 5.27. The molecule has 3 heteroatoms. The van der Waals surface area contributed by atoms with Gasteiger partial charge < -0.3 is 9.15 Å². The van der Waals surface area contributed by atoms with Gasteiger partial charge in [0.1, 0.15) is 6.10 Å². The van der Waals surface area contributed by atoms with Gasteiger partial charge in [0.05, 0.1) is 12.5 Å². The van der Waals surface area contributed by atoms with E-state index < -0.39 is 0 Å². The topological polar surface area (TPSA) is 39.4 Å². The number of ether oxygens (including phenoxy) is 1. The summed E-state index contributed by atoms with van der Waals surface area (Å²) in [5.41, 5.74) is 3.46. The van der Waals surface area contributed by atoms with E-state index in [9.17, 15) is 4.79 Å². The summed E-state index contributed by atoms with van der Waals surface area (Å²) in [5.74, 6) is 1.15. The second-order valence-corrected chi connectivity index (χ2v) is 9.87. The van der Waals surface area contributed by atoms with Crippen LogP contribution in [0.4, 0.5) is 0 Å². The van der Waals surface area contributed by atoms with Crippen molar-refractivity contribution in [1.82, 2.24) is 0 Å². The molecule has 0 amide bonds. The zero-order valence-electron chi connectivity index (χ0n) is 16.4. The largest absolute Gasteiger partial charge is 0.472 e. The molecule has 0 bridgehead atoms. The fourth-order valence-corrected chi connectivity index (χ4v) is 7.23. The molecule has 1 aromatic heterocycles. The molecule has 2 fully saturated rings. The van der Waals surface area contributed by atoms with Crippen LogP contribution in [0.25, 0.3) is 0 Å². The third kappa shape index (κ3) is 2.27. The molecular formula is C22H32O3. The number of carbonyl (C=O) groups excluding carboxylic acids is 1. The highest BCUT2D eigenvalue weighted by Gasteiger charge is 2.62. The van der Waals surface area contributed by atoms with Gasteiger partial charge in [0.2, 0.25) is 0 Å². The fraction of sp³-hybridized carbons (Fsp3) is 0.773. The predicted molar refractivity (Wildman–Crippen MR) is 97.3 cm³/mol. The first-order valence-corrected chi connectivity index (χ1v) is 9.92. The van der Waals surface area contributed by atoms with Crippen molar-refractivity contribution in [3.05, 3.63) is 23.7 Å². The third-order valence-corrected chi connectivity index (χ3v) is 8.35. The van der Waals surface area contributed by atoms with Gasteiger partial charge in [0, 0.05) is 12.3 Å². The van der Waals surface area contributed by atoms with Crippen LogP contribution in [0, 0.1) is 22.7 Å². The number of rotatable bonds is 1. The van der Waals surface area contributed by atoms with Gasteiger partial charge in [-0.1, -0.05) is 27.7 Å². The Balaban J connectivity index is 1.71. The van der Waals surface area contributed by atoms with Crippen molar-refractivity contribution in [3.8, 4) is 0 Å². The molecular weight excluding hydrogens is 312 g/mol. The van der Waals surface area contributed by atoms with Gasteiger partial charge in [-0.2, -0.15) is 0 Å². The lowest BCUT2D eigenvalue weighted by Crippen LogP contribution is -2.61. The molecule has 25 heavy (non-hydrogen) atoms. The van der Waals surface area contributed by atoms with Crippen LogP contribution in [0.15, 0.2) is 16.9 Å². The van der Waals surface area contributed by atoms with Crippen LogP contribution in [0.3, 0.4) is 0 Å². The van der Waals surface area contributed by atoms with Crippen LogP contribution in [-0.2, 0) is 21.4 Å². The smallest absolute Gasteiger partial charge is 0.302 e.